The molecule has 23 heavy (non-hydrogen) atoms. The van der Waals surface area contributed by atoms with Crippen LogP contribution in [0, 0.1) is 0 Å². The molecule has 0 unspecified atom stereocenters. The van der Waals surface area contributed by atoms with Crippen molar-refractivity contribution in [3.63, 3.8) is 0 Å². The van der Waals surface area contributed by atoms with E-state index in [1.165, 1.54) is 7.11 Å². The number of carbonyl (C=O) groups excluding carboxylic acids is 1. The lowest BCUT2D eigenvalue weighted by Crippen LogP contribution is -2.21. The summed E-state index contributed by atoms with van der Waals surface area (Å²) in [5.41, 5.74) is 6.68. The lowest BCUT2D eigenvalue weighted by Gasteiger charge is -2.09. The molecule has 0 aliphatic rings. The third kappa shape index (κ3) is 2.78. The molecule has 0 aliphatic heterocycles. The second-order valence-electron chi connectivity index (χ2n) is 4.71. The van der Waals surface area contributed by atoms with Crippen molar-refractivity contribution in [2.24, 2.45) is 0 Å². The molecule has 2 aromatic carbocycles. The molecule has 0 fully saturated rings. The molecule has 118 valence electrons. The molecular weight excluding hydrogens is 339 g/mol. The summed E-state index contributed by atoms with van der Waals surface area (Å²) in [6, 6.07) is 9.56. The Morgan fingerprint density at radius 2 is 1.96 bits per heavy atom. The summed E-state index contributed by atoms with van der Waals surface area (Å²) in [6.45, 7) is 0. The van der Waals surface area contributed by atoms with Crippen LogP contribution in [0.2, 0.25) is 10.0 Å². The molecule has 3 aromatic rings. The van der Waals surface area contributed by atoms with Gasteiger partial charge in [0, 0.05) is 11.5 Å². The minimum absolute atomic E-state index is 0.239. The summed E-state index contributed by atoms with van der Waals surface area (Å²) >= 11 is 12.1. The predicted molar refractivity (Wildman–Crippen MR) is 91.6 cm³/mol. The van der Waals surface area contributed by atoms with Gasteiger partial charge in [0.1, 0.15) is 5.75 Å². The average Bonchev–Trinajstić information content (AvgIpc) is 2.87. The van der Waals surface area contributed by atoms with Crippen LogP contribution in [-0.2, 0) is 0 Å². The lowest BCUT2D eigenvalue weighted by molar-refractivity contribution is 0.252. The molecule has 8 heteroatoms. The molecule has 1 aromatic heterocycles. The van der Waals surface area contributed by atoms with Crippen molar-refractivity contribution < 1.29 is 9.53 Å². The second kappa shape index (κ2) is 5.98. The first-order valence-corrected chi connectivity index (χ1v) is 7.34. The molecule has 1 heterocycles. The van der Waals surface area contributed by atoms with Crippen molar-refractivity contribution in [3.05, 3.63) is 46.4 Å². The van der Waals surface area contributed by atoms with Crippen molar-refractivity contribution in [3.8, 4) is 5.75 Å². The van der Waals surface area contributed by atoms with Gasteiger partial charge in [-0.1, -0.05) is 29.3 Å². The molecule has 0 saturated carbocycles. The van der Waals surface area contributed by atoms with E-state index in [0.29, 0.717) is 32.4 Å². The van der Waals surface area contributed by atoms with Gasteiger partial charge in [0.05, 0.1) is 28.4 Å². The zero-order valence-corrected chi connectivity index (χ0v) is 13.5. The number of carbonyl (C=O) groups is 1. The van der Waals surface area contributed by atoms with Gasteiger partial charge in [-0.3, -0.25) is 0 Å². The summed E-state index contributed by atoms with van der Waals surface area (Å²) in [4.78, 5) is 12.5. The summed E-state index contributed by atoms with van der Waals surface area (Å²) in [6.07, 6.45) is 0. The van der Waals surface area contributed by atoms with E-state index < -0.39 is 6.03 Å². The van der Waals surface area contributed by atoms with Gasteiger partial charge < -0.3 is 15.8 Å². The van der Waals surface area contributed by atoms with E-state index in [2.05, 4.69) is 10.4 Å². The van der Waals surface area contributed by atoms with Crippen LogP contribution in [0.3, 0.4) is 0 Å². The Balaban J connectivity index is 2.04. The fourth-order valence-corrected chi connectivity index (χ4v) is 2.67. The number of amides is 1. The minimum atomic E-state index is -0.532. The third-order valence-corrected chi connectivity index (χ3v) is 3.93. The number of aromatic nitrogens is 2. The maximum Gasteiger partial charge on any atom is 0.347 e. The van der Waals surface area contributed by atoms with Crippen LogP contribution in [0.1, 0.15) is 0 Å². The van der Waals surface area contributed by atoms with E-state index in [1.54, 1.807) is 36.4 Å². The quantitative estimate of drug-likeness (QED) is 0.731. The minimum Gasteiger partial charge on any atom is -0.497 e. The number of hydrogen-bond donors (Lipinski definition) is 2. The number of nitrogens with zero attached hydrogens (tertiary/aromatic N) is 2. The van der Waals surface area contributed by atoms with Crippen LogP contribution < -0.4 is 15.8 Å². The molecule has 0 aliphatic carbocycles. The van der Waals surface area contributed by atoms with Gasteiger partial charge in [0.25, 0.3) is 0 Å². The van der Waals surface area contributed by atoms with Crippen LogP contribution in [0.15, 0.2) is 36.4 Å². The number of nitrogens with two attached hydrogens (primary N) is 1. The van der Waals surface area contributed by atoms with Crippen LogP contribution >= 0.6 is 23.2 Å². The van der Waals surface area contributed by atoms with Crippen LogP contribution in [0.5, 0.6) is 5.75 Å². The normalized spacial score (nSPS) is 10.7. The van der Waals surface area contributed by atoms with E-state index >= 15 is 0 Å². The van der Waals surface area contributed by atoms with Gasteiger partial charge in [-0.15, -0.1) is 5.10 Å². The number of nitrogen functional groups attached to an aromatic ring is 1. The highest BCUT2D eigenvalue weighted by Crippen LogP contribution is 2.31. The average molecular weight is 351 g/mol. The van der Waals surface area contributed by atoms with Crippen molar-refractivity contribution in [2.45, 2.75) is 0 Å². The molecule has 0 atom stereocenters. The Hall–Kier alpha value is -2.44. The zero-order chi connectivity index (χ0) is 16.6. The monoisotopic (exact) mass is 350 g/mol. The Bertz CT molecular complexity index is 888. The topological polar surface area (TPSA) is 82.2 Å². The summed E-state index contributed by atoms with van der Waals surface area (Å²) in [5, 5.41) is 8.00. The predicted octanol–water partition coefficient (Wildman–Crippen LogP) is 4.01. The summed E-state index contributed by atoms with van der Waals surface area (Å²) in [7, 11) is 1.54. The standard InChI is InChI=1S/C15H12Cl2N4O2/c1-23-8-5-6-9-12(7-8)21(20-14(9)18)15(22)19-13-10(16)3-2-4-11(13)17/h2-7H,1H3,(H2,18,20)(H,19,22). The van der Waals surface area contributed by atoms with Crippen LogP contribution in [0.4, 0.5) is 16.3 Å². The van der Waals surface area contributed by atoms with Gasteiger partial charge in [-0.2, -0.15) is 4.68 Å². The van der Waals surface area contributed by atoms with Gasteiger partial charge in [-0.25, -0.2) is 4.79 Å². The molecular formula is C15H12Cl2N4O2. The number of anilines is 2. The third-order valence-electron chi connectivity index (χ3n) is 3.30. The number of ether oxygens (including phenoxy) is 1. The first-order valence-electron chi connectivity index (χ1n) is 6.59. The number of fused-ring (bicyclic) bond motifs is 1. The van der Waals surface area contributed by atoms with Gasteiger partial charge >= 0.3 is 6.03 Å². The van der Waals surface area contributed by atoms with E-state index in [1.807, 2.05) is 0 Å². The molecule has 0 radical (unpaired) electrons. The molecule has 0 saturated heterocycles. The summed E-state index contributed by atoms with van der Waals surface area (Å²) < 4.78 is 6.31. The highest BCUT2D eigenvalue weighted by atomic mass is 35.5. The van der Waals surface area contributed by atoms with E-state index in [4.69, 9.17) is 33.7 Å². The smallest absolute Gasteiger partial charge is 0.347 e. The molecule has 0 bridgehead atoms. The fourth-order valence-electron chi connectivity index (χ4n) is 2.18. The Kier molecular flexibility index (Phi) is 4.02. The van der Waals surface area contributed by atoms with E-state index in [9.17, 15) is 4.79 Å². The molecule has 0 spiro atoms. The second-order valence-corrected chi connectivity index (χ2v) is 5.52. The van der Waals surface area contributed by atoms with Gasteiger partial charge in [-0.05, 0) is 24.3 Å². The van der Waals surface area contributed by atoms with Crippen molar-refractivity contribution in [2.75, 3.05) is 18.2 Å². The Morgan fingerprint density at radius 1 is 1.26 bits per heavy atom. The molecule has 3 rings (SSSR count). The molecule has 6 nitrogen and oxygen atoms in total. The van der Waals surface area contributed by atoms with E-state index in [0.717, 1.165) is 4.68 Å². The van der Waals surface area contributed by atoms with Crippen molar-refractivity contribution in [1.29, 1.82) is 0 Å². The Labute approximate surface area is 141 Å². The fraction of sp³-hybridized carbons (Fsp3) is 0.0667. The number of hydrogen-bond acceptors (Lipinski definition) is 4. The van der Waals surface area contributed by atoms with Crippen LogP contribution in [0.25, 0.3) is 10.9 Å². The first-order chi connectivity index (χ1) is 11.0. The van der Waals surface area contributed by atoms with Crippen molar-refractivity contribution in [1.82, 2.24) is 9.78 Å². The van der Waals surface area contributed by atoms with Gasteiger partial charge in [0.15, 0.2) is 5.82 Å². The SMILES string of the molecule is COc1ccc2c(N)nn(C(=O)Nc3c(Cl)cccc3Cl)c2c1. The maximum absolute atomic E-state index is 12.5. The molecule has 1 amide bonds. The molecule has 3 N–H and O–H groups in total. The van der Waals surface area contributed by atoms with E-state index in [-0.39, 0.29) is 5.82 Å². The highest BCUT2D eigenvalue weighted by molar-refractivity contribution is 6.39. The van der Waals surface area contributed by atoms with Crippen LogP contribution in [-0.4, -0.2) is 22.9 Å². The first kappa shape index (κ1) is 15.5. The highest BCUT2D eigenvalue weighted by Gasteiger charge is 2.17. The maximum atomic E-state index is 12.5. The number of para-hydroxylation sites is 1. The number of halogens is 2. The number of methoxy groups -OCH3 is 1. The van der Waals surface area contributed by atoms with Gasteiger partial charge in [0.2, 0.25) is 0 Å². The Morgan fingerprint density at radius 3 is 2.61 bits per heavy atom. The largest absolute Gasteiger partial charge is 0.497 e. The summed E-state index contributed by atoms with van der Waals surface area (Å²) in [5.74, 6) is 0.824. The lowest BCUT2D eigenvalue weighted by atomic mass is 10.2. The number of benzene rings is 2. The van der Waals surface area contributed by atoms with Crippen molar-refractivity contribution >= 4 is 51.6 Å². The number of rotatable bonds is 2. The number of nitrogens with one attached hydrogen (secondary N) is 1. The zero-order valence-electron chi connectivity index (χ0n) is 12.0.